The average Bonchev–Trinajstić information content (AvgIpc) is 2.96. The van der Waals surface area contributed by atoms with Crippen molar-refractivity contribution in [1.29, 1.82) is 0 Å². The highest BCUT2D eigenvalue weighted by atomic mass is 16.7. The molecule has 0 heterocycles. The number of rotatable bonds is 15. The normalized spacial score (nSPS) is 23.4. The summed E-state index contributed by atoms with van der Waals surface area (Å²) in [6, 6.07) is -0.324. The molecule has 0 spiro atoms. The van der Waals surface area contributed by atoms with Crippen LogP contribution in [0.2, 0.25) is 0 Å². The highest BCUT2D eigenvalue weighted by Gasteiger charge is 2.37. The van der Waals surface area contributed by atoms with Crippen molar-refractivity contribution >= 4 is 23.7 Å². The van der Waals surface area contributed by atoms with Crippen molar-refractivity contribution in [2.24, 2.45) is 35.3 Å². The first-order valence-electron chi connectivity index (χ1n) is 16.3. The van der Waals surface area contributed by atoms with Gasteiger partial charge in [0.25, 0.3) is 0 Å². The van der Waals surface area contributed by atoms with Gasteiger partial charge in [0, 0.05) is 25.4 Å². The molecule has 0 aliphatic heterocycles. The van der Waals surface area contributed by atoms with Crippen LogP contribution in [-0.4, -0.2) is 75.4 Å². The van der Waals surface area contributed by atoms with Crippen molar-refractivity contribution in [2.45, 2.75) is 142 Å². The number of amides is 3. The summed E-state index contributed by atoms with van der Waals surface area (Å²) in [6.45, 7) is 12.4. The smallest absolute Gasteiger partial charge is 0.348 e. The number of hydrazine groups is 2. The van der Waals surface area contributed by atoms with E-state index in [2.05, 4.69) is 30.9 Å². The van der Waals surface area contributed by atoms with Gasteiger partial charge in [-0.25, -0.2) is 16.5 Å². The van der Waals surface area contributed by atoms with Gasteiger partial charge in [-0.3, -0.25) is 24.4 Å². The molecule has 0 bridgehead atoms. The molecule has 3 amide bonds. The number of ketones is 1. The Morgan fingerprint density at radius 1 is 0.930 bits per heavy atom. The van der Waals surface area contributed by atoms with Gasteiger partial charge < -0.3 is 15.1 Å². The first-order chi connectivity index (χ1) is 20.2. The van der Waals surface area contributed by atoms with Crippen molar-refractivity contribution in [2.75, 3.05) is 13.1 Å². The molecule has 0 aromatic carbocycles. The van der Waals surface area contributed by atoms with Gasteiger partial charge in [-0.15, -0.1) is 0 Å². The van der Waals surface area contributed by atoms with E-state index in [4.69, 9.17) is 17.6 Å². The molecule has 43 heavy (non-hydrogen) atoms. The van der Waals surface area contributed by atoms with E-state index in [1.807, 2.05) is 20.8 Å². The first-order valence-corrected chi connectivity index (χ1v) is 16.3. The summed E-state index contributed by atoms with van der Waals surface area (Å²) in [6.07, 6.45) is 8.88. The highest BCUT2D eigenvalue weighted by Crippen LogP contribution is 2.29. The van der Waals surface area contributed by atoms with Crippen LogP contribution >= 0.6 is 0 Å². The molecule has 2 aliphatic rings. The maximum atomic E-state index is 13.5. The number of carbonyl (C=O) groups is 4. The predicted octanol–water partition coefficient (Wildman–Crippen LogP) is 3.38. The van der Waals surface area contributed by atoms with Gasteiger partial charge >= 0.3 is 12.0 Å². The lowest BCUT2D eigenvalue weighted by atomic mass is 9.85. The average molecular weight is 610 g/mol. The van der Waals surface area contributed by atoms with Crippen LogP contribution in [0.15, 0.2) is 0 Å². The Hall–Kier alpha value is -2.28. The number of Topliss-reactive ketones (excluding diaryl/α,β-unsaturated/α-hetero) is 1. The van der Waals surface area contributed by atoms with Gasteiger partial charge in [-0.1, -0.05) is 40.5 Å². The van der Waals surface area contributed by atoms with Gasteiger partial charge in [0.2, 0.25) is 5.91 Å². The summed E-state index contributed by atoms with van der Waals surface area (Å²) in [5.41, 5.74) is -0.838. The van der Waals surface area contributed by atoms with E-state index in [9.17, 15) is 19.2 Å². The van der Waals surface area contributed by atoms with Crippen LogP contribution in [0.1, 0.15) is 119 Å². The van der Waals surface area contributed by atoms with Crippen LogP contribution in [0.5, 0.6) is 0 Å². The minimum absolute atomic E-state index is 0.0162. The molecule has 7 N–H and O–H groups in total. The fourth-order valence-corrected chi connectivity index (χ4v) is 6.27. The Kier molecular flexibility index (Phi) is 14.8. The third kappa shape index (κ3) is 11.6. The summed E-state index contributed by atoms with van der Waals surface area (Å²) >= 11 is 0. The quantitative estimate of drug-likeness (QED) is 0.123. The minimum Gasteiger partial charge on any atom is -0.373 e. The molecule has 12 heteroatoms. The second-order valence-electron chi connectivity index (χ2n) is 14.0. The number of hydrogen-bond acceptors (Lipinski definition) is 9. The number of nitrogens with one attached hydrogen (secondary N) is 1. The number of nitrogens with two attached hydrogens (primary N) is 3. The summed E-state index contributed by atoms with van der Waals surface area (Å²) in [7, 11) is 0. The fraction of sp³-hybridized carbons (Fsp3) is 0.871. The lowest BCUT2D eigenvalue weighted by molar-refractivity contribution is -0.145. The molecular weight excluding hydrogens is 550 g/mol. The Labute approximate surface area is 258 Å². The highest BCUT2D eigenvalue weighted by molar-refractivity contribution is 5.92. The van der Waals surface area contributed by atoms with Gasteiger partial charge in [0.1, 0.15) is 0 Å². The van der Waals surface area contributed by atoms with Crippen molar-refractivity contribution in [3.8, 4) is 0 Å². The molecule has 0 aromatic rings. The number of carbonyl (C=O) groups excluding carboxylic acids is 4. The van der Waals surface area contributed by atoms with Crippen molar-refractivity contribution < 1.29 is 24.0 Å². The van der Waals surface area contributed by atoms with E-state index in [0.717, 1.165) is 38.5 Å². The lowest BCUT2D eigenvalue weighted by Crippen LogP contribution is -2.60. The molecule has 3 atom stereocenters. The Morgan fingerprint density at radius 2 is 1.56 bits per heavy atom. The van der Waals surface area contributed by atoms with Crippen LogP contribution in [0.4, 0.5) is 4.79 Å². The van der Waals surface area contributed by atoms with Gasteiger partial charge in [-0.2, -0.15) is 5.90 Å². The molecule has 0 saturated heterocycles. The zero-order valence-corrected chi connectivity index (χ0v) is 27.5. The molecule has 2 saturated carbocycles. The Morgan fingerprint density at radius 3 is 2.14 bits per heavy atom. The molecule has 0 radical (unpaired) electrons. The van der Waals surface area contributed by atoms with Crippen molar-refractivity contribution in [1.82, 2.24) is 20.2 Å². The number of nitrogens with zero attached hydrogens (tertiary/aromatic N) is 3. The zero-order chi connectivity index (χ0) is 32.3. The molecule has 2 aliphatic carbocycles. The van der Waals surface area contributed by atoms with E-state index < -0.39 is 11.5 Å². The molecular formula is C31H59N7O5. The zero-order valence-electron chi connectivity index (χ0n) is 27.5. The first kappa shape index (κ1) is 36.9. The third-order valence-electron chi connectivity index (χ3n) is 9.38. The Balaban J connectivity index is 1.90. The molecule has 2 rings (SSSR count). The van der Waals surface area contributed by atoms with Crippen LogP contribution < -0.4 is 22.9 Å². The van der Waals surface area contributed by atoms with Crippen LogP contribution in [0, 0.1) is 17.8 Å². The monoisotopic (exact) mass is 609 g/mol. The summed E-state index contributed by atoms with van der Waals surface area (Å²) in [5.74, 6) is 17.5. The van der Waals surface area contributed by atoms with Crippen LogP contribution in [-0.2, 0) is 19.2 Å². The standard InChI is InChI=1S/C31H59N7O5/c1-21(2)17-18-36(28(40)16-11-22(3)19-29(41)43-34)20-27(39)31(5,6)35-24-12-14-25(15-13-24)37(32)30(42)38(33)26-10-8-7-9-23(26)4/h21-26,35H,7-20,32-34H2,1-6H3. The molecule has 3 unspecified atom stereocenters. The van der Waals surface area contributed by atoms with E-state index in [0.29, 0.717) is 37.6 Å². The summed E-state index contributed by atoms with van der Waals surface area (Å²) in [4.78, 5) is 57.1. The molecule has 0 aromatic heterocycles. The SMILES string of the molecule is CC(C)CCN(CC(=O)C(C)(C)NC1CCC(N(N)C(=O)N(N)C2CCCCC2C)CC1)C(=O)CCC(C)CC(=O)ON. The van der Waals surface area contributed by atoms with Gasteiger partial charge in [-0.05, 0) is 83.0 Å². The van der Waals surface area contributed by atoms with E-state index in [-0.39, 0.29) is 61.2 Å². The van der Waals surface area contributed by atoms with Crippen LogP contribution in [0.25, 0.3) is 0 Å². The van der Waals surface area contributed by atoms with E-state index in [1.165, 1.54) is 16.4 Å². The second kappa shape index (κ2) is 17.3. The summed E-state index contributed by atoms with van der Waals surface area (Å²) < 4.78 is 0. The maximum absolute atomic E-state index is 13.5. The van der Waals surface area contributed by atoms with Crippen LogP contribution in [0.3, 0.4) is 0 Å². The fourth-order valence-electron chi connectivity index (χ4n) is 6.27. The molecule has 12 nitrogen and oxygen atoms in total. The molecule has 248 valence electrons. The van der Waals surface area contributed by atoms with Gasteiger partial charge in [0.15, 0.2) is 5.78 Å². The van der Waals surface area contributed by atoms with E-state index >= 15 is 0 Å². The Bertz CT molecular complexity index is 922. The summed E-state index contributed by atoms with van der Waals surface area (Å²) in [5, 5.41) is 6.18. The number of hydrogen-bond donors (Lipinski definition) is 4. The topological polar surface area (TPSA) is 177 Å². The van der Waals surface area contributed by atoms with Gasteiger partial charge in [0.05, 0.1) is 24.2 Å². The maximum Gasteiger partial charge on any atom is 0.348 e. The third-order valence-corrected chi connectivity index (χ3v) is 9.38. The second-order valence-corrected chi connectivity index (χ2v) is 14.0. The largest absolute Gasteiger partial charge is 0.373 e. The van der Waals surface area contributed by atoms with Crippen molar-refractivity contribution in [3.63, 3.8) is 0 Å². The minimum atomic E-state index is -0.838. The van der Waals surface area contributed by atoms with Crippen molar-refractivity contribution in [3.05, 3.63) is 0 Å². The predicted molar refractivity (Wildman–Crippen MR) is 166 cm³/mol. The van der Waals surface area contributed by atoms with E-state index in [1.54, 1.807) is 4.90 Å². The number of urea groups is 1. The lowest BCUT2D eigenvalue weighted by Gasteiger charge is -2.41. The molecule has 2 fully saturated rings.